The SMILES string of the molecule is CC(C)(C)N1CC(C(=O)NCc2ccccn2)CC1=O. The van der Waals surface area contributed by atoms with Crippen LogP contribution in [0.1, 0.15) is 32.9 Å². The second kappa shape index (κ2) is 5.61. The molecular weight excluding hydrogens is 254 g/mol. The molecule has 5 heteroatoms. The van der Waals surface area contributed by atoms with E-state index in [9.17, 15) is 9.59 Å². The molecule has 1 atom stereocenters. The van der Waals surface area contributed by atoms with Crippen LogP contribution < -0.4 is 5.32 Å². The molecule has 0 aromatic carbocycles. The van der Waals surface area contributed by atoms with Gasteiger partial charge in [-0.25, -0.2) is 0 Å². The quantitative estimate of drug-likeness (QED) is 0.905. The van der Waals surface area contributed by atoms with Crippen molar-refractivity contribution in [3.05, 3.63) is 30.1 Å². The summed E-state index contributed by atoms with van der Waals surface area (Å²) in [7, 11) is 0. The fraction of sp³-hybridized carbons (Fsp3) is 0.533. The van der Waals surface area contributed by atoms with Gasteiger partial charge in [-0.2, -0.15) is 0 Å². The molecule has 0 saturated carbocycles. The van der Waals surface area contributed by atoms with E-state index in [-0.39, 0.29) is 23.3 Å². The molecule has 108 valence electrons. The Hall–Kier alpha value is -1.91. The van der Waals surface area contributed by atoms with Crippen molar-refractivity contribution in [3.8, 4) is 0 Å². The van der Waals surface area contributed by atoms with Crippen molar-refractivity contribution in [2.45, 2.75) is 39.3 Å². The van der Waals surface area contributed by atoms with E-state index in [4.69, 9.17) is 0 Å². The van der Waals surface area contributed by atoms with Crippen molar-refractivity contribution in [2.75, 3.05) is 6.54 Å². The Labute approximate surface area is 119 Å². The van der Waals surface area contributed by atoms with Crippen molar-refractivity contribution >= 4 is 11.8 Å². The minimum Gasteiger partial charge on any atom is -0.350 e. The maximum absolute atomic E-state index is 12.1. The first-order valence-corrected chi connectivity index (χ1v) is 6.86. The van der Waals surface area contributed by atoms with E-state index in [2.05, 4.69) is 10.3 Å². The van der Waals surface area contributed by atoms with Crippen LogP contribution in [0.25, 0.3) is 0 Å². The Morgan fingerprint density at radius 2 is 2.20 bits per heavy atom. The standard InChI is InChI=1S/C15H21N3O2/c1-15(2,3)18-10-11(8-13(18)19)14(20)17-9-12-6-4-5-7-16-12/h4-7,11H,8-10H2,1-3H3,(H,17,20). The normalized spacial score (nSPS) is 19.2. The smallest absolute Gasteiger partial charge is 0.225 e. The number of nitrogens with one attached hydrogen (secondary N) is 1. The Balaban J connectivity index is 1.90. The largest absolute Gasteiger partial charge is 0.350 e. The third-order valence-electron chi connectivity index (χ3n) is 3.48. The molecule has 1 aromatic rings. The van der Waals surface area contributed by atoms with Crippen LogP contribution in [0.4, 0.5) is 0 Å². The molecule has 5 nitrogen and oxygen atoms in total. The fourth-order valence-corrected chi connectivity index (χ4v) is 2.36. The molecule has 0 bridgehead atoms. The molecule has 0 radical (unpaired) electrons. The minimum atomic E-state index is -0.259. The second-order valence-corrected chi connectivity index (χ2v) is 6.12. The maximum Gasteiger partial charge on any atom is 0.225 e. The molecular formula is C15H21N3O2. The molecule has 2 rings (SSSR count). The zero-order valence-corrected chi connectivity index (χ0v) is 12.2. The van der Waals surface area contributed by atoms with Gasteiger partial charge in [-0.3, -0.25) is 14.6 Å². The highest BCUT2D eigenvalue weighted by molar-refractivity contribution is 5.89. The summed E-state index contributed by atoms with van der Waals surface area (Å²) in [6.45, 7) is 6.85. The summed E-state index contributed by atoms with van der Waals surface area (Å²) < 4.78 is 0. The zero-order valence-electron chi connectivity index (χ0n) is 12.2. The first-order chi connectivity index (χ1) is 9.38. The number of nitrogens with zero attached hydrogens (tertiary/aromatic N) is 2. The van der Waals surface area contributed by atoms with Gasteiger partial charge in [0.1, 0.15) is 0 Å². The molecule has 0 spiro atoms. The minimum absolute atomic E-state index is 0.0514. The van der Waals surface area contributed by atoms with Crippen LogP contribution in [0.3, 0.4) is 0 Å². The highest BCUT2D eigenvalue weighted by Gasteiger charge is 2.39. The van der Waals surface area contributed by atoms with E-state index in [1.165, 1.54) is 0 Å². The number of rotatable bonds is 3. The molecule has 1 aromatic heterocycles. The predicted octanol–water partition coefficient (Wildman–Crippen LogP) is 1.34. The van der Waals surface area contributed by atoms with Crippen molar-refractivity contribution in [3.63, 3.8) is 0 Å². The summed E-state index contributed by atoms with van der Waals surface area (Å²) in [5, 5.41) is 2.85. The topological polar surface area (TPSA) is 62.3 Å². The Kier molecular flexibility index (Phi) is 4.06. The van der Waals surface area contributed by atoms with Crippen LogP contribution in [0, 0.1) is 5.92 Å². The summed E-state index contributed by atoms with van der Waals surface area (Å²) >= 11 is 0. The van der Waals surface area contributed by atoms with Gasteiger partial charge in [-0.15, -0.1) is 0 Å². The highest BCUT2D eigenvalue weighted by atomic mass is 16.2. The van der Waals surface area contributed by atoms with Crippen LogP contribution in [0.5, 0.6) is 0 Å². The van der Waals surface area contributed by atoms with Crippen molar-refractivity contribution in [2.24, 2.45) is 5.92 Å². The van der Waals surface area contributed by atoms with Gasteiger partial charge in [-0.1, -0.05) is 6.07 Å². The summed E-state index contributed by atoms with van der Waals surface area (Å²) in [6, 6.07) is 5.58. The lowest BCUT2D eigenvalue weighted by molar-refractivity contribution is -0.132. The number of hydrogen-bond donors (Lipinski definition) is 1. The predicted molar refractivity (Wildman–Crippen MR) is 75.7 cm³/mol. The molecule has 2 amide bonds. The van der Waals surface area contributed by atoms with Crippen LogP contribution in [0.2, 0.25) is 0 Å². The lowest BCUT2D eigenvalue weighted by atomic mass is 10.1. The average molecular weight is 275 g/mol. The van der Waals surface area contributed by atoms with Crippen LogP contribution >= 0.6 is 0 Å². The van der Waals surface area contributed by atoms with Crippen molar-refractivity contribution < 1.29 is 9.59 Å². The number of carbonyl (C=O) groups excluding carboxylic acids is 2. The van der Waals surface area contributed by atoms with Gasteiger partial charge < -0.3 is 10.2 Å². The van der Waals surface area contributed by atoms with Gasteiger partial charge in [0.25, 0.3) is 0 Å². The molecule has 2 heterocycles. The lowest BCUT2D eigenvalue weighted by Gasteiger charge is -2.31. The average Bonchev–Trinajstić information content (AvgIpc) is 2.79. The number of amides is 2. The fourth-order valence-electron chi connectivity index (χ4n) is 2.36. The molecule has 1 unspecified atom stereocenters. The molecule has 1 N–H and O–H groups in total. The zero-order chi connectivity index (χ0) is 14.8. The monoisotopic (exact) mass is 275 g/mol. The third kappa shape index (κ3) is 3.35. The van der Waals surface area contributed by atoms with Crippen molar-refractivity contribution in [1.82, 2.24) is 15.2 Å². The van der Waals surface area contributed by atoms with Gasteiger partial charge >= 0.3 is 0 Å². The van der Waals surface area contributed by atoms with Crippen LogP contribution in [-0.2, 0) is 16.1 Å². The maximum atomic E-state index is 12.1. The molecule has 1 aliphatic heterocycles. The number of pyridine rings is 1. The van der Waals surface area contributed by atoms with Gasteiger partial charge in [0, 0.05) is 24.7 Å². The van der Waals surface area contributed by atoms with E-state index >= 15 is 0 Å². The number of aromatic nitrogens is 1. The van der Waals surface area contributed by atoms with Gasteiger partial charge in [0.05, 0.1) is 18.2 Å². The first kappa shape index (κ1) is 14.5. The molecule has 20 heavy (non-hydrogen) atoms. The molecule has 1 fully saturated rings. The Morgan fingerprint density at radius 3 is 2.75 bits per heavy atom. The lowest BCUT2D eigenvalue weighted by Crippen LogP contribution is -2.43. The summed E-state index contributed by atoms with van der Waals surface area (Å²) in [5.74, 6) is -0.281. The number of likely N-dealkylation sites (tertiary alicyclic amines) is 1. The summed E-state index contributed by atoms with van der Waals surface area (Å²) in [4.78, 5) is 30.0. The molecule has 1 saturated heterocycles. The van der Waals surface area contributed by atoms with E-state index < -0.39 is 0 Å². The Bertz CT molecular complexity index is 494. The second-order valence-electron chi connectivity index (χ2n) is 6.12. The van der Waals surface area contributed by atoms with E-state index in [0.29, 0.717) is 19.5 Å². The Morgan fingerprint density at radius 1 is 1.45 bits per heavy atom. The number of carbonyl (C=O) groups is 2. The van der Waals surface area contributed by atoms with E-state index in [0.717, 1.165) is 5.69 Å². The van der Waals surface area contributed by atoms with Gasteiger partial charge in [-0.05, 0) is 32.9 Å². The summed E-state index contributed by atoms with van der Waals surface area (Å²) in [5.41, 5.74) is 0.588. The van der Waals surface area contributed by atoms with Crippen LogP contribution in [0.15, 0.2) is 24.4 Å². The van der Waals surface area contributed by atoms with Crippen LogP contribution in [-0.4, -0.2) is 33.8 Å². The van der Waals surface area contributed by atoms with E-state index in [1.807, 2.05) is 39.0 Å². The van der Waals surface area contributed by atoms with Gasteiger partial charge in [0.2, 0.25) is 11.8 Å². The van der Waals surface area contributed by atoms with Gasteiger partial charge in [0.15, 0.2) is 0 Å². The van der Waals surface area contributed by atoms with E-state index in [1.54, 1.807) is 11.1 Å². The first-order valence-electron chi connectivity index (χ1n) is 6.86. The third-order valence-corrected chi connectivity index (χ3v) is 3.48. The summed E-state index contributed by atoms with van der Waals surface area (Å²) in [6.07, 6.45) is 1.99. The van der Waals surface area contributed by atoms with Crippen molar-refractivity contribution in [1.29, 1.82) is 0 Å². The number of hydrogen-bond acceptors (Lipinski definition) is 3. The molecule has 1 aliphatic rings. The highest BCUT2D eigenvalue weighted by Crippen LogP contribution is 2.25. The molecule has 0 aliphatic carbocycles.